The largest absolute Gasteiger partial charge is 0.356 e. The number of rotatable bonds is 5. The molecule has 11 heteroatoms. The molecule has 2 fully saturated rings. The zero-order valence-corrected chi connectivity index (χ0v) is 28.1. The summed E-state index contributed by atoms with van der Waals surface area (Å²) in [6, 6.07) is 4.34. The Morgan fingerprint density at radius 1 is 1.07 bits per heavy atom. The maximum atomic E-state index is 6.98. The molecule has 1 aromatic carbocycles. The number of nitrogens with zero attached hydrogens (tertiary/aromatic N) is 8. The van der Waals surface area contributed by atoms with Crippen molar-refractivity contribution in [3.05, 3.63) is 45.4 Å². The fourth-order valence-electron chi connectivity index (χ4n) is 6.83. The third kappa shape index (κ3) is 4.81. The van der Waals surface area contributed by atoms with E-state index in [1.54, 1.807) is 9.12 Å². The number of halogens is 2. The summed E-state index contributed by atoms with van der Waals surface area (Å²) in [7, 11) is 3.61. The van der Waals surface area contributed by atoms with Crippen molar-refractivity contribution in [3.63, 3.8) is 0 Å². The lowest BCUT2D eigenvalue weighted by molar-refractivity contribution is 0.291. The summed E-state index contributed by atoms with van der Waals surface area (Å²) in [5.74, 6) is 3.43. The molecule has 41 heavy (non-hydrogen) atoms. The Kier molecular flexibility index (Phi) is 6.97. The van der Waals surface area contributed by atoms with Gasteiger partial charge in [0.05, 0.1) is 22.6 Å². The molecule has 7 rings (SSSR count). The van der Waals surface area contributed by atoms with Crippen LogP contribution in [0, 0.1) is 19.3 Å². The third-order valence-corrected chi connectivity index (χ3v) is 10.9. The van der Waals surface area contributed by atoms with E-state index >= 15 is 0 Å². The first-order valence-corrected chi connectivity index (χ1v) is 18.2. The molecular formula is C30H36ClIN8S. The van der Waals surface area contributed by atoms with Gasteiger partial charge in [-0.2, -0.15) is 14.3 Å². The Morgan fingerprint density at radius 2 is 1.88 bits per heavy atom. The number of hydrogen-bond acceptors (Lipinski definition) is 7. The van der Waals surface area contributed by atoms with Crippen LogP contribution in [0.15, 0.2) is 12.1 Å². The van der Waals surface area contributed by atoms with Crippen molar-refractivity contribution < 1.29 is 0 Å². The number of aryl methyl sites for hydroxylation is 3. The van der Waals surface area contributed by atoms with Crippen molar-refractivity contribution in [3.8, 4) is 11.4 Å². The van der Waals surface area contributed by atoms with Crippen LogP contribution >= 0.6 is 41.9 Å². The highest BCUT2D eigenvalue weighted by Gasteiger charge is 2.35. The third-order valence-electron chi connectivity index (χ3n) is 8.98. The minimum atomic E-state index is 0.236. The van der Waals surface area contributed by atoms with Crippen LogP contribution in [-0.2, 0) is 20.0 Å². The Bertz CT molecular complexity index is 1670. The van der Waals surface area contributed by atoms with E-state index in [0.29, 0.717) is 5.92 Å². The van der Waals surface area contributed by atoms with Crippen molar-refractivity contribution in [2.45, 2.75) is 72.3 Å². The van der Waals surface area contributed by atoms with E-state index in [9.17, 15) is 0 Å². The van der Waals surface area contributed by atoms with E-state index < -0.39 is 0 Å². The molecule has 216 valence electrons. The second-order valence-corrected chi connectivity index (χ2v) is 14.8. The highest BCUT2D eigenvalue weighted by Crippen LogP contribution is 2.46. The summed E-state index contributed by atoms with van der Waals surface area (Å²) in [6.07, 6.45) is 5.61. The van der Waals surface area contributed by atoms with Gasteiger partial charge in [0.2, 0.25) is 0 Å². The van der Waals surface area contributed by atoms with E-state index in [2.05, 4.69) is 70.8 Å². The highest BCUT2D eigenvalue weighted by atomic mass is 127. The Balaban J connectivity index is 1.37. The average molecular weight is 703 g/mol. The summed E-state index contributed by atoms with van der Waals surface area (Å²) >= 11 is 9.28. The van der Waals surface area contributed by atoms with Crippen molar-refractivity contribution in [1.82, 2.24) is 28.9 Å². The Hall–Kier alpha value is -2.05. The van der Waals surface area contributed by atoms with Crippen LogP contribution in [0.3, 0.4) is 0 Å². The van der Waals surface area contributed by atoms with Gasteiger partial charge < -0.3 is 9.80 Å². The molecule has 1 saturated heterocycles. The standard InChI is InChI=1S/C30H36ClIN8S/c1-17-7-10-22-24(18(2)35-40(22)41-32)23(17)27-33-21-11-14-38(29-25(31)26(19-8-9-19)36-37(29)5)15-20(21)28(34-27)39-13-6-12-30(3,4)16-39/h7,10,19H,6,8-9,11-16H2,1-5H3. The van der Waals surface area contributed by atoms with Gasteiger partial charge in [0.25, 0.3) is 0 Å². The molecule has 1 saturated carbocycles. The molecule has 5 heterocycles. The summed E-state index contributed by atoms with van der Waals surface area (Å²) < 4.78 is 3.97. The lowest BCUT2D eigenvalue weighted by Gasteiger charge is -2.41. The monoisotopic (exact) mass is 702 g/mol. The molecule has 0 radical (unpaired) electrons. The lowest BCUT2D eigenvalue weighted by atomic mass is 9.84. The Morgan fingerprint density at radius 3 is 2.61 bits per heavy atom. The van der Waals surface area contributed by atoms with Crippen LogP contribution in [0.1, 0.15) is 73.7 Å². The number of benzene rings is 1. The Labute approximate surface area is 262 Å². The van der Waals surface area contributed by atoms with E-state index in [1.165, 1.54) is 30.4 Å². The number of aromatic nitrogens is 6. The molecule has 1 aliphatic carbocycles. The SMILES string of the molecule is Cc1ccc2c(c(C)nn2SI)c1-c1nc2c(c(N3CCCC(C)(C)C3)n1)CN(c1c(Cl)c(C3CC3)nn1C)CC2. The fraction of sp³-hybridized carbons (Fsp3) is 0.533. The molecule has 0 unspecified atom stereocenters. The minimum Gasteiger partial charge on any atom is -0.356 e. The van der Waals surface area contributed by atoms with Gasteiger partial charge in [-0.05, 0) is 56.6 Å². The van der Waals surface area contributed by atoms with Crippen molar-refractivity contribution in [2.75, 3.05) is 29.4 Å². The van der Waals surface area contributed by atoms with Crippen LogP contribution in [0.4, 0.5) is 11.6 Å². The van der Waals surface area contributed by atoms with Gasteiger partial charge in [-0.1, -0.05) is 31.5 Å². The summed E-state index contributed by atoms with van der Waals surface area (Å²) in [5, 5.41) is 11.6. The average Bonchev–Trinajstić information content (AvgIpc) is 3.67. The number of fused-ring (bicyclic) bond motifs is 2. The van der Waals surface area contributed by atoms with Gasteiger partial charge in [-0.15, -0.1) is 0 Å². The molecule has 8 nitrogen and oxygen atoms in total. The second kappa shape index (κ2) is 10.3. The normalized spacial score (nSPS) is 18.8. The van der Waals surface area contributed by atoms with Crippen LogP contribution in [0.25, 0.3) is 22.3 Å². The maximum absolute atomic E-state index is 6.98. The van der Waals surface area contributed by atoms with Gasteiger partial charge >= 0.3 is 0 Å². The molecule has 0 bridgehead atoms. The van der Waals surface area contributed by atoms with Crippen LogP contribution < -0.4 is 9.80 Å². The molecule has 0 spiro atoms. The van der Waals surface area contributed by atoms with Gasteiger partial charge in [-0.3, -0.25) is 4.68 Å². The van der Waals surface area contributed by atoms with E-state index in [1.807, 2.05) is 15.8 Å². The van der Waals surface area contributed by atoms with Gasteiger partial charge in [0.1, 0.15) is 16.7 Å². The maximum Gasteiger partial charge on any atom is 0.162 e. The van der Waals surface area contributed by atoms with Gasteiger partial charge in [-0.25, -0.2) is 9.97 Å². The second-order valence-electron chi connectivity index (χ2n) is 12.8. The summed E-state index contributed by atoms with van der Waals surface area (Å²) in [6.45, 7) is 12.6. The van der Waals surface area contributed by atoms with Crippen molar-refractivity contribution in [2.24, 2.45) is 12.5 Å². The van der Waals surface area contributed by atoms with Crippen LogP contribution in [0.5, 0.6) is 0 Å². The highest BCUT2D eigenvalue weighted by molar-refractivity contribution is 14.2. The molecule has 0 atom stereocenters. The fourth-order valence-corrected chi connectivity index (χ4v) is 8.54. The topological polar surface area (TPSA) is 67.9 Å². The molecule has 3 aliphatic rings. The van der Waals surface area contributed by atoms with E-state index in [4.69, 9.17) is 31.8 Å². The molecule has 3 aromatic heterocycles. The van der Waals surface area contributed by atoms with E-state index in [-0.39, 0.29) is 5.41 Å². The van der Waals surface area contributed by atoms with Gasteiger partial charge in [0.15, 0.2) is 5.82 Å². The van der Waals surface area contributed by atoms with E-state index in [0.717, 1.165) is 95.1 Å². The first kappa shape index (κ1) is 27.8. The number of anilines is 2. The van der Waals surface area contributed by atoms with Crippen molar-refractivity contribution in [1.29, 1.82) is 0 Å². The molecule has 2 aliphatic heterocycles. The predicted octanol–water partition coefficient (Wildman–Crippen LogP) is 7.41. The van der Waals surface area contributed by atoms with Crippen LogP contribution in [-0.4, -0.2) is 48.6 Å². The molecular weight excluding hydrogens is 667 g/mol. The molecule has 0 N–H and O–H groups in total. The summed E-state index contributed by atoms with van der Waals surface area (Å²) in [5.41, 5.74) is 8.06. The number of piperidine rings is 1. The zero-order chi connectivity index (χ0) is 28.6. The smallest absolute Gasteiger partial charge is 0.162 e. The minimum absolute atomic E-state index is 0.236. The lowest BCUT2D eigenvalue weighted by Crippen LogP contribution is -2.42. The molecule has 4 aromatic rings. The first-order chi connectivity index (χ1) is 19.6. The number of hydrogen-bond donors (Lipinski definition) is 0. The molecule has 0 amide bonds. The quantitative estimate of drug-likeness (QED) is 0.201. The predicted molar refractivity (Wildman–Crippen MR) is 177 cm³/mol. The van der Waals surface area contributed by atoms with Gasteiger partial charge in [0, 0.05) is 92.4 Å². The van der Waals surface area contributed by atoms with Crippen LogP contribution in [0.2, 0.25) is 5.02 Å². The zero-order valence-electron chi connectivity index (χ0n) is 24.3. The summed E-state index contributed by atoms with van der Waals surface area (Å²) in [4.78, 5) is 15.7. The van der Waals surface area contributed by atoms with Crippen molar-refractivity contribution >= 4 is 64.5 Å². The first-order valence-electron chi connectivity index (χ1n) is 14.6.